The van der Waals surface area contributed by atoms with Crippen molar-refractivity contribution >= 4 is 42.1 Å². The minimum Gasteiger partial charge on any atom is -0.341 e. The largest absolute Gasteiger partial charge is 0.341 e. The fourth-order valence-electron chi connectivity index (χ4n) is 2.75. The Morgan fingerprint density at radius 1 is 1.42 bits per heavy atom. The van der Waals surface area contributed by atoms with Gasteiger partial charge in [-0.2, -0.15) is 0 Å². The normalized spacial score (nSPS) is 16.2. The Morgan fingerprint density at radius 3 is 2.88 bits per heavy atom. The maximum absolute atomic E-state index is 12.4. The van der Waals surface area contributed by atoms with Crippen LogP contribution in [-0.2, 0) is 11.2 Å². The Balaban J connectivity index is 0.00000144. The molecule has 1 aromatic carbocycles. The molecular formula is C17H23Cl2N3OS. The molecule has 24 heavy (non-hydrogen) atoms. The van der Waals surface area contributed by atoms with Crippen LogP contribution in [0.1, 0.15) is 17.7 Å². The number of likely N-dealkylation sites (N-methyl/N-ethyl adjacent to an activating group) is 1. The van der Waals surface area contributed by atoms with Gasteiger partial charge in [0.15, 0.2) is 0 Å². The molecule has 1 fully saturated rings. The molecule has 0 spiro atoms. The number of thiazole rings is 1. The number of nitrogens with one attached hydrogen (secondary N) is 1. The molecular weight excluding hydrogens is 365 g/mol. The van der Waals surface area contributed by atoms with Crippen LogP contribution in [-0.4, -0.2) is 42.0 Å². The van der Waals surface area contributed by atoms with E-state index in [9.17, 15) is 4.79 Å². The topological polar surface area (TPSA) is 45.2 Å². The average molecular weight is 388 g/mol. The number of carbonyl (C=O) groups is 1. The summed E-state index contributed by atoms with van der Waals surface area (Å²) in [5, 5.41) is 6.27. The molecule has 0 saturated carbocycles. The van der Waals surface area contributed by atoms with Crippen molar-refractivity contribution in [3.63, 3.8) is 0 Å². The van der Waals surface area contributed by atoms with E-state index in [0.29, 0.717) is 12.5 Å². The van der Waals surface area contributed by atoms with Gasteiger partial charge in [0.1, 0.15) is 5.01 Å². The fraction of sp³-hybridized carbons (Fsp3) is 0.412. The number of benzene rings is 1. The zero-order valence-electron chi connectivity index (χ0n) is 13.8. The number of aromatic nitrogens is 1. The van der Waals surface area contributed by atoms with Gasteiger partial charge in [-0.3, -0.25) is 4.79 Å². The van der Waals surface area contributed by atoms with Crippen LogP contribution in [0.5, 0.6) is 0 Å². The third kappa shape index (κ3) is 4.93. The lowest BCUT2D eigenvalue weighted by Crippen LogP contribution is -2.39. The van der Waals surface area contributed by atoms with Crippen LogP contribution in [0.3, 0.4) is 0 Å². The van der Waals surface area contributed by atoms with Crippen LogP contribution in [0.15, 0.2) is 29.6 Å². The highest BCUT2D eigenvalue weighted by Crippen LogP contribution is 2.24. The van der Waals surface area contributed by atoms with Crippen LogP contribution in [0.25, 0.3) is 10.6 Å². The smallest absolute Gasteiger partial charge is 0.228 e. The van der Waals surface area contributed by atoms with Crippen LogP contribution in [0.2, 0.25) is 0 Å². The number of hydrogen-bond acceptors (Lipinski definition) is 4. The molecule has 1 aliphatic heterocycles. The van der Waals surface area contributed by atoms with E-state index in [-0.39, 0.29) is 30.7 Å². The third-order valence-electron chi connectivity index (χ3n) is 4.12. The van der Waals surface area contributed by atoms with E-state index < -0.39 is 0 Å². The number of carbonyl (C=O) groups excluding carboxylic acids is 1. The zero-order valence-corrected chi connectivity index (χ0v) is 16.3. The Morgan fingerprint density at radius 2 is 2.21 bits per heavy atom. The van der Waals surface area contributed by atoms with Gasteiger partial charge in [-0.1, -0.05) is 23.8 Å². The summed E-state index contributed by atoms with van der Waals surface area (Å²) >= 11 is 1.60. The maximum Gasteiger partial charge on any atom is 0.228 e. The summed E-state index contributed by atoms with van der Waals surface area (Å²) in [5.74, 6) is 0.148. The van der Waals surface area contributed by atoms with Crippen molar-refractivity contribution in [2.24, 2.45) is 0 Å². The SMILES string of the molecule is Cc1cccc(-c2nc(CC(=O)N(C)C3CCNC3)cs2)c1.Cl.Cl. The summed E-state index contributed by atoms with van der Waals surface area (Å²) in [5.41, 5.74) is 3.21. The average Bonchev–Trinajstić information content (AvgIpc) is 3.18. The summed E-state index contributed by atoms with van der Waals surface area (Å²) < 4.78 is 0. The first kappa shape index (κ1) is 20.9. The van der Waals surface area contributed by atoms with E-state index in [1.165, 1.54) is 5.56 Å². The third-order valence-corrected chi connectivity index (χ3v) is 5.06. The highest BCUT2D eigenvalue weighted by molar-refractivity contribution is 7.13. The van der Waals surface area contributed by atoms with E-state index in [0.717, 1.165) is 35.8 Å². The van der Waals surface area contributed by atoms with Crippen molar-refractivity contribution < 1.29 is 4.79 Å². The van der Waals surface area contributed by atoms with Gasteiger partial charge in [0.25, 0.3) is 0 Å². The molecule has 1 aromatic heterocycles. The highest BCUT2D eigenvalue weighted by Gasteiger charge is 2.23. The molecule has 1 aliphatic rings. The van der Waals surface area contributed by atoms with Crippen molar-refractivity contribution in [3.05, 3.63) is 40.9 Å². The molecule has 1 amide bonds. The predicted molar refractivity (Wildman–Crippen MR) is 105 cm³/mol. The number of rotatable bonds is 4. The molecule has 1 atom stereocenters. The lowest BCUT2D eigenvalue weighted by molar-refractivity contribution is -0.130. The summed E-state index contributed by atoms with van der Waals surface area (Å²) in [6.07, 6.45) is 1.42. The van der Waals surface area contributed by atoms with Crippen molar-refractivity contribution in [1.82, 2.24) is 15.2 Å². The molecule has 2 aromatic rings. The second kappa shape index (κ2) is 9.37. The summed E-state index contributed by atoms with van der Waals surface area (Å²) in [7, 11) is 1.90. The van der Waals surface area contributed by atoms with Crippen molar-refractivity contribution in [3.8, 4) is 10.6 Å². The molecule has 0 radical (unpaired) electrons. The molecule has 1 saturated heterocycles. The van der Waals surface area contributed by atoms with Crippen LogP contribution in [0.4, 0.5) is 0 Å². The molecule has 0 aliphatic carbocycles. The van der Waals surface area contributed by atoms with E-state index in [4.69, 9.17) is 0 Å². The number of aryl methyl sites for hydroxylation is 1. The van der Waals surface area contributed by atoms with Crippen LogP contribution < -0.4 is 5.32 Å². The number of nitrogens with zero attached hydrogens (tertiary/aromatic N) is 2. The second-order valence-electron chi connectivity index (χ2n) is 5.84. The Hall–Kier alpha value is -1.14. The minimum atomic E-state index is 0. The monoisotopic (exact) mass is 387 g/mol. The quantitative estimate of drug-likeness (QED) is 0.874. The van der Waals surface area contributed by atoms with Gasteiger partial charge in [0.05, 0.1) is 12.1 Å². The number of halogens is 2. The number of amides is 1. The lowest BCUT2D eigenvalue weighted by Gasteiger charge is -2.23. The van der Waals surface area contributed by atoms with Crippen LogP contribution in [0, 0.1) is 6.92 Å². The molecule has 1 unspecified atom stereocenters. The van der Waals surface area contributed by atoms with Gasteiger partial charge >= 0.3 is 0 Å². The highest BCUT2D eigenvalue weighted by atomic mass is 35.5. The van der Waals surface area contributed by atoms with Crippen molar-refractivity contribution in [2.45, 2.75) is 25.8 Å². The second-order valence-corrected chi connectivity index (χ2v) is 6.70. The van der Waals surface area contributed by atoms with Gasteiger partial charge < -0.3 is 10.2 Å². The summed E-state index contributed by atoms with van der Waals surface area (Å²) in [4.78, 5) is 18.9. The Bertz CT molecular complexity index is 671. The first-order chi connectivity index (χ1) is 10.6. The first-order valence-electron chi connectivity index (χ1n) is 7.61. The van der Waals surface area contributed by atoms with E-state index in [1.807, 2.05) is 23.4 Å². The van der Waals surface area contributed by atoms with Crippen molar-refractivity contribution in [2.75, 3.05) is 20.1 Å². The van der Waals surface area contributed by atoms with Crippen molar-refractivity contribution in [1.29, 1.82) is 0 Å². The van der Waals surface area contributed by atoms with Gasteiger partial charge in [0, 0.05) is 30.6 Å². The first-order valence-corrected chi connectivity index (χ1v) is 8.49. The molecule has 1 N–H and O–H groups in total. The van der Waals surface area contributed by atoms with Crippen LogP contribution >= 0.6 is 36.2 Å². The molecule has 3 rings (SSSR count). The number of hydrogen-bond donors (Lipinski definition) is 1. The summed E-state index contributed by atoms with van der Waals surface area (Å²) in [6, 6.07) is 8.63. The zero-order chi connectivity index (χ0) is 15.5. The van der Waals surface area contributed by atoms with Gasteiger partial charge in [-0.25, -0.2) is 4.98 Å². The van der Waals surface area contributed by atoms with Gasteiger partial charge in [-0.15, -0.1) is 36.2 Å². The Kier molecular flexibility index (Phi) is 8.16. The predicted octanol–water partition coefficient (Wildman–Crippen LogP) is 3.32. The fourth-order valence-corrected chi connectivity index (χ4v) is 3.57. The molecule has 0 bridgehead atoms. The van der Waals surface area contributed by atoms with Gasteiger partial charge in [0.2, 0.25) is 5.91 Å². The Labute approximate surface area is 159 Å². The molecule has 4 nitrogen and oxygen atoms in total. The minimum absolute atomic E-state index is 0. The van der Waals surface area contributed by atoms with E-state index in [2.05, 4.69) is 35.4 Å². The standard InChI is InChI=1S/C17H21N3OS.2ClH/c1-12-4-3-5-13(8-12)17-19-14(11-22-17)9-16(21)20(2)15-6-7-18-10-15;;/h3-5,8,11,15,18H,6-7,9-10H2,1-2H3;2*1H. The molecule has 132 valence electrons. The van der Waals surface area contributed by atoms with Gasteiger partial charge in [-0.05, 0) is 26.0 Å². The van der Waals surface area contributed by atoms with E-state index in [1.54, 1.807) is 11.3 Å². The molecule has 2 heterocycles. The lowest BCUT2D eigenvalue weighted by atomic mass is 10.1. The summed E-state index contributed by atoms with van der Waals surface area (Å²) in [6.45, 7) is 3.97. The maximum atomic E-state index is 12.4. The van der Waals surface area contributed by atoms with E-state index >= 15 is 0 Å². The molecule has 7 heteroatoms.